The molecule has 0 aliphatic rings. The molecule has 1 aromatic carbocycles. The molecule has 0 fully saturated rings. The molecule has 0 bridgehead atoms. The highest BCUT2D eigenvalue weighted by Crippen LogP contribution is 2.35. The number of ether oxygens (including phenoxy) is 2. The molecule has 6 heteroatoms. The summed E-state index contributed by atoms with van der Waals surface area (Å²) in [5, 5.41) is 8.72. The monoisotopic (exact) mass is 295 g/mol. The zero-order valence-corrected chi connectivity index (χ0v) is 12.6. The lowest BCUT2D eigenvalue weighted by atomic mass is 10.1. The quantitative estimate of drug-likeness (QED) is 0.704. The Morgan fingerprint density at radius 1 is 1.29 bits per heavy atom. The molecular weight excluding hydrogens is 274 g/mol. The number of benzene rings is 1. The molecule has 1 aromatic rings. The summed E-state index contributed by atoms with van der Waals surface area (Å²) in [7, 11) is 3.03. The number of hydrogen-bond acceptors (Lipinski definition) is 5. The number of anilines is 1. The molecule has 0 saturated carbocycles. The van der Waals surface area contributed by atoms with Crippen molar-refractivity contribution < 1.29 is 24.2 Å². The summed E-state index contributed by atoms with van der Waals surface area (Å²) in [4.78, 5) is 23.6. The van der Waals surface area contributed by atoms with Crippen LogP contribution in [0.4, 0.5) is 5.69 Å². The second-order valence-corrected chi connectivity index (χ2v) is 4.46. The van der Waals surface area contributed by atoms with Gasteiger partial charge in [-0.25, -0.2) is 0 Å². The van der Waals surface area contributed by atoms with Gasteiger partial charge in [0.25, 0.3) is 0 Å². The zero-order valence-electron chi connectivity index (χ0n) is 12.6. The van der Waals surface area contributed by atoms with Crippen LogP contribution in [0.1, 0.15) is 30.1 Å². The van der Waals surface area contributed by atoms with Gasteiger partial charge >= 0.3 is 5.97 Å². The van der Waals surface area contributed by atoms with E-state index in [1.165, 1.54) is 14.2 Å². The van der Waals surface area contributed by atoms with Gasteiger partial charge in [-0.05, 0) is 19.4 Å². The molecule has 0 aromatic heterocycles. The first kappa shape index (κ1) is 16.8. The van der Waals surface area contributed by atoms with Crippen LogP contribution < -0.4 is 14.4 Å². The molecule has 6 nitrogen and oxygen atoms in total. The Labute approximate surface area is 124 Å². The number of nitrogens with zero attached hydrogens (tertiary/aromatic N) is 1. The minimum Gasteiger partial charge on any atom is -0.496 e. The standard InChI is InChI=1S/C15H21NO5/c1-4-16(7-5-6-15(18)19)12-9-13(20-2)11(10-17)8-14(12)21-3/h8-10H,4-7H2,1-3H3,(H,18,19). The number of methoxy groups -OCH3 is 2. The Morgan fingerprint density at radius 3 is 2.43 bits per heavy atom. The van der Waals surface area contributed by atoms with E-state index < -0.39 is 5.97 Å². The van der Waals surface area contributed by atoms with Crippen molar-refractivity contribution in [1.82, 2.24) is 0 Å². The SMILES string of the molecule is CCN(CCCC(=O)O)c1cc(OC)c(C=O)cc1OC. The van der Waals surface area contributed by atoms with Crippen LogP contribution in [-0.2, 0) is 4.79 Å². The fourth-order valence-corrected chi connectivity index (χ4v) is 2.11. The molecule has 0 amide bonds. The van der Waals surface area contributed by atoms with Crippen molar-refractivity contribution in [3.8, 4) is 11.5 Å². The lowest BCUT2D eigenvalue weighted by molar-refractivity contribution is -0.137. The maximum Gasteiger partial charge on any atom is 0.303 e. The fraction of sp³-hybridized carbons (Fsp3) is 0.467. The normalized spacial score (nSPS) is 10.0. The van der Waals surface area contributed by atoms with Crippen LogP contribution in [0.3, 0.4) is 0 Å². The van der Waals surface area contributed by atoms with Crippen molar-refractivity contribution in [2.75, 3.05) is 32.2 Å². The van der Waals surface area contributed by atoms with E-state index in [9.17, 15) is 9.59 Å². The largest absolute Gasteiger partial charge is 0.496 e. The van der Waals surface area contributed by atoms with Crippen molar-refractivity contribution in [3.63, 3.8) is 0 Å². The summed E-state index contributed by atoms with van der Waals surface area (Å²) in [5.41, 5.74) is 1.20. The van der Waals surface area contributed by atoms with Crippen LogP contribution in [-0.4, -0.2) is 44.7 Å². The van der Waals surface area contributed by atoms with E-state index in [0.29, 0.717) is 42.9 Å². The maximum absolute atomic E-state index is 11.0. The van der Waals surface area contributed by atoms with Gasteiger partial charge in [0.05, 0.1) is 25.5 Å². The first-order valence-electron chi connectivity index (χ1n) is 6.75. The van der Waals surface area contributed by atoms with Gasteiger partial charge < -0.3 is 19.5 Å². The molecule has 1 N–H and O–H groups in total. The summed E-state index contributed by atoms with van der Waals surface area (Å²) in [6, 6.07) is 3.37. The third-order valence-electron chi connectivity index (χ3n) is 3.20. The van der Waals surface area contributed by atoms with E-state index >= 15 is 0 Å². The van der Waals surface area contributed by atoms with Crippen molar-refractivity contribution in [1.29, 1.82) is 0 Å². The Bertz CT molecular complexity index is 501. The highest BCUT2D eigenvalue weighted by molar-refractivity contribution is 5.83. The maximum atomic E-state index is 11.0. The van der Waals surface area contributed by atoms with Gasteiger partial charge in [-0.15, -0.1) is 0 Å². The Kier molecular flexibility index (Phi) is 6.52. The van der Waals surface area contributed by atoms with Crippen LogP contribution in [0.15, 0.2) is 12.1 Å². The van der Waals surface area contributed by atoms with Crippen LogP contribution in [0.25, 0.3) is 0 Å². The van der Waals surface area contributed by atoms with Crippen molar-refractivity contribution in [3.05, 3.63) is 17.7 Å². The summed E-state index contributed by atoms with van der Waals surface area (Å²) >= 11 is 0. The molecule has 21 heavy (non-hydrogen) atoms. The molecule has 1 rings (SSSR count). The van der Waals surface area contributed by atoms with Gasteiger partial charge in [0.1, 0.15) is 11.5 Å². The van der Waals surface area contributed by atoms with Crippen molar-refractivity contribution in [2.45, 2.75) is 19.8 Å². The van der Waals surface area contributed by atoms with E-state index in [2.05, 4.69) is 0 Å². The molecule has 116 valence electrons. The Morgan fingerprint density at radius 2 is 1.95 bits per heavy atom. The second-order valence-electron chi connectivity index (χ2n) is 4.46. The Hall–Kier alpha value is -2.24. The number of hydrogen-bond donors (Lipinski definition) is 1. The van der Waals surface area contributed by atoms with E-state index in [0.717, 1.165) is 5.69 Å². The number of aldehydes is 1. The smallest absolute Gasteiger partial charge is 0.303 e. The summed E-state index contributed by atoms with van der Waals surface area (Å²) < 4.78 is 10.5. The predicted octanol–water partition coefficient (Wildman–Crippen LogP) is 2.21. The minimum atomic E-state index is -0.813. The first-order chi connectivity index (χ1) is 10.1. The molecule has 0 spiro atoms. The van der Waals surface area contributed by atoms with Gasteiger partial charge in [-0.2, -0.15) is 0 Å². The third-order valence-corrected chi connectivity index (χ3v) is 3.20. The van der Waals surface area contributed by atoms with E-state index in [1.807, 2.05) is 11.8 Å². The number of carboxylic acid groups (broad SMARTS) is 1. The molecule has 0 heterocycles. The van der Waals surface area contributed by atoms with E-state index in [-0.39, 0.29) is 6.42 Å². The number of carboxylic acids is 1. The highest BCUT2D eigenvalue weighted by atomic mass is 16.5. The van der Waals surface area contributed by atoms with Crippen LogP contribution in [0.2, 0.25) is 0 Å². The summed E-state index contributed by atoms with van der Waals surface area (Å²) in [5.74, 6) is 0.222. The highest BCUT2D eigenvalue weighted by Gasteiger charge is 2.15. The van der Waals surface area contributed by atoms with Gasteiger partial charge in [0.15, 0.2) is 6.29 Å². The van der Waals surface area contributed by atoms with Gasteiger partial charge in [-0.3, -0.25) is 9.59 Å². The van der Waals surface area contributed by atoms with Crippen molar-refractivity contribution >= 4 is 17.9 Å². The zero-order chi connectivity index (χ0) is 15.8. The average Bonchev–Trinajstić information content (AvgIpc) is 2.50. The molecule has 0 saturated heterocycles. The van der Waals surface area contributed by atoms with Crippen LogP contribution in [0.5, 0.6) is 11.5 Å². The average molecular weight is 295 g/mol. The second kappa shape index (κ2) is 8.14. The predicted molar refractivity (Wildman–Crippen MR) is 79.7 cm³/mol. The van der Waals surface area contributed by atoms with Gasteiger partial charge in [0, 0.05) is 25.6 Å². The third kappa shape index (κ3) is 4.37. The van der Waals surface area contributed by atoms with Gasteiger partial charge in [0.2, 0.25) is 0 Å². The molecule has 0 unspecified atom stereocenters. The van der Waals surface area contributed by atoms with E-state index in [1.54, 1.807) is 12.1 Å². The lowest BCUT2D eigenvalue weighted by Crippen LogP contribution is -2.25. The van der Waals surface area contributed by atoms with Crippen LogP contribution in [0, 0.1) is 0 Å². The summed E-state index contributed by atoms with van der Waals surface area (Å²) in [6.45, 7) is 3.25. The van der Waals surface area contributed by atoms with Crippen LogP contribution >= 0.6 is 0 Å². The fourth-order valence-electron chi connectivity index (χ4n) is 2.11. The number of rotatable bonds is 9. The topological polar surface area (TPSA) is 76.1 Å². The minimum absolute atomic E-state index is 0.113. The molecule has 0 radical (unpaired) electrons. The van der Waals surface area contributed by atoms with Gasteiger partial charge in [-0.1, -0.05) is 0 Å². The van der Waals surface area contributed by atoms with E-state index in [4.69, 9.17) is 14.6 Å². The number of carbonyl (C=O) groups is 2. The molecule has 0 atom stereocenters. The molecule has 0 aliphatic heterocycles. The molecular formula is C15H21NO5. The number of aliphatic carboxylic acids is 1. The molecule has 0 aliphatic carbocycles. The Balaban J connectivity index is 3.06. The van der Waals surface area contributed by atoms with Crippen molar-refractivity contribution in [2.24, 2.45) is 0 Å². The summed E-state index contributed by atoms with van der Waals surface area (Å²) in [6.07, 6.45) is 1.36. The lowest BCUT2D eigenvalue weighted by Gasteiger charge is -2.25. The first-order valence-corrected chi connectivity index (χ1v) is 6.75. The number of carbonyl (C=O) groups excluding carboxylic acids is 1.